The van der Waals surface area contributed by atoms with Gasteiger partial charge in [0.1, 0.15) is 12.0 Å². The molecule has 0 aliphatic rings. The molecule has 0 aliphatic heterocycles. The van der Waals surface area contributed by atoms with Crippen molar-refractivity contribution in [3.05, 3.63) is 28.4 Å². The molecule has 1 amide bonds. The van der Waals surface area contributed by atoms with Crippen LogP contribution in [0.2, 0.25) is 0 Å². The third kappa shape index (κ3) is 11.5. The van der Waals surface area contributed by atoms with Gasteiger partial charge in [-0.25, -0.2) is 9.78 Å². The number of nitrogens with zero attached hydrogens (tertiary/aromatic N) is 2. The summed E-state index contributed by atoms with van der Waals surface area (Å²) in [7, 11) is 0. The summed E-state index contributed by atoms with van der Waals surface area (Å²) in [4.78, 5) is 44.9. The van der Waals surface area contributed by atoms with Crippen molar-refractivity contribution < 1.29 is 24.4 Å². The molecule has 0 aliphatic carbocycles. The summed E-state index contributed by atoms with van der Waals surface area (Å²) in [6.07, 6.45) is 2.29. The van der Waals surface area contributed by atoms with Crippen molar-refractivity contribution in [2.24, 2.45) is 0 Å². The van der Waals surface area contributed by atoms with Crippen LogP contribution in [0.5, 0.6) is 0 Å². The number of hydrogen-bond donors (Lipinski definition) is 4. The quantitative estimate of drug-likeness (QED) is 0.162. The number of aromatic nitrogens is 1. The second-order valence-corrected chi connectivity index (χ2v) is 5.15. The van der Waals surface area contributed by atoms with Crippen molar-refractivity contribution in [1.29, 1.82) is 0 Å². The van der Waals surface area contributed by atoms with E-state index in [1.807, 2.05) is 0 Å². The highest BCUT2D eigenvalue weighted by Gasteiger charge is 2.11. The topological polar surface area (TPSA) is 166 Å². The van der Waals surface area contributed by atoms with E-state index < -0.39 is 16.7 Å². The van der Waals surface area contributed by atoms with E-state index in [0.29, 0.717) is 12.3 Å². The summed E-state index contributed by atoms with van der Waals surface area (Å²) in [6, 6.07) is 2.69. The zero-order valence-corrected chi connectivity index (χ0v) is 14.3. The monoisotopic (exact) mass is 372 g/mol. The number of rotatable bonds is 9. The average Bonchev–Trinajstić information content (AvgIpc) is 2.56. The van der Waals surface area contributed by atoms with E-state index in [4.69, 9.17) is 10.8 Å². The van der Waals surface area contributed by atoms with Gasteiger partial charge in [0.05, 0.1) is 4.92 Å². The Morgan fingerprint density at radius 2 is 1.96 bits per heavy atom. The van der Waals surface area contributed by atoms with Gasteiger partial charge in [-0.2, -0.15) is 12.6 Å². The molecule has 1 aromatic rings. The summed E-state index contributed by atoms with van der Waals surface area (Å²) in [5.41, 5.74) is 5.15. The molecular formula is C14H20N4O6S. The SMILES string of the molecule is Nc1ccc([N+](=O)[O-])cn1.O=C(CCCC(=O)C(=O)O)NCCCS. The van der Waals surface area contributed by atoms with Crippen LogP contribution in [-0.4, -0.2) is 45.0 Å². The number of carboxylic acids is 1. The molecule has 0 spiro atoms. The molecule has 1 heterocycles. The molecule has 138 valence electrons. The number of amides is 1. The predicted octanol–water partition coefficient (Wildman–Crippen LogP) is 0.818. The number of anilines is 1. The van der Waals surface area contributed by atoms with Gasteiger partial charge in [0.15, 0.2) is 0 Å². The van der Waals surface area contributed by atoms with E-state index in [1.165, 1.54) is 12.1 Å². The lowest BCUT2D eigenvalue weighted by molar-refractivity contribution is -0.385. The van der Waals surface area contributed by atoms with Crippen LogP contribution in [0, 0.1) is 10.1 Å². The highest BCUT2D eigenvalue weighted by molar-refractivity contribution is 7.80. The van der Waals surface area contributed by atoms with Gasteiger partial charge in [-0.1, -0.05) is 0 Å². The fourth-order valence-electron chi connectivity index (χ4n) is 1.42. The Kier molecular flexibility index (Phi) is 11.3. The molecule has 0 bridgehead atoms. The number of ketones is 1. The van der Waals surface area contributed by atoms with Gasteiger partial charge in [-0.3, -0.25) is 19.7 Å². The van der Waals surface area contributed by atoms with Crippen molar-refractivity contribution in [2.75, 3.05) is 18.0 Å². The standard InChI is InChI=1S/C9H15NO4S.C5H5N3O2/c11-7(9(13)14)3-1-4-8(12)10-5-2-6-15;6-5-2-1-4(3-7-5)8(9)10/h15H,1-6H2,(H,10,12)(H,13,14);1-3H,(H2,6,7). The van der Waals surface area contributed by atoms with Crippen LogP contribution in [0.1, 0.15) is 25.7 Å². The number of carboxylic acid groups (broad SMARTS) is 1. The van der Waals surface area contributed by atoms with Crippen molar-refractivity contribution in [3.8, 4) is 0 Å². The van der Waals surface area contributed by atoms with Crippen LogP contribution in [0.3, 0.4) is 0 Å². The predicted molar refractivity (Wildman–Crippen MR) is 93.3 cm³/mol. The van der Waals surface area contributed by atoms with Gasteiger partial charge < -0.3 is 16.2 Å². The lowest BCUT2D eigenvalue weighted by Gasteiger charge is -2.02. The lowest BCUT2D eigenvalue weighted by Crippen LogP contribution is -2.24. The molecule has 0 saturated carbocycles. The first-order valence-corrected chi connectivity index (χ1v) is 7.90. The minimum atomic E-state index is -1.44. The van der Waals surface area contributed by atoms with Crippen molar-refractivity contribution in [2.45, 2.75) is 25.7 Å². The van der Waals surface area contributed by atoms with Crippen molar-refractivity contribution in [3.63, 3.8) is 0 Å². The fraction of sp³-hybridized carbons (Fsp3) is 0.429. The van der Waals surface area contributed by atoms with Gasteiger partial charge >= 0.3 is 5.97 Å². The molecule has 0 unspecified atom stereocenters. The molecular weight excluding hydrogens is 352 g/mol. The smallest absolute Gasteiger partial charge is 0.372 e. The second kappa shape index (κ2) is 12.7. The summed E-state index contributed by atoms with van der Waals surface area (Å²) < 4.78 is 0. The molecule has 0 saturated heterocycles. The van der Waals surface area contributed by atoms with Crippen molar-refractivity contribution >= 4 is 41.8 Å². The molecule has 4 N–H and O–H groups in total. The van der Waals surface area contributed by atoms with Crippen LogP contribution in [0.15, 0.2) is 18.3 Å². The molecule has 0 radical (unpaired) electrons. The number of Topliss-reactive ketones (excluding diaryl/α,β-unsaturated/α-hetero) is 1. The number of nitrogens with one attached hydrogen (secondary N) is 1. The van der Waals surface area contributed by atoms with Gasteiger partial charge in [-0.15, -0.1) is 0 Å². The molecule has 10 nitrogen and oxygen atoms in total. The van der Waals surface area contributed by atoms with Crippen LogP contribution in [0.4, 0.5) is 11.5 Å². The maximum absolute atomic E-state index is 11.1. The van der Waals surface area contributed by atoms with Crippen LogP contribution >= 0.6 is 12.6 Å². The number of nitrogens with two attached hydrogens (primary N) is 1. The minimum Gasteiger partial charge on any atom is -0.476 e. The number of aliphatic carboxylic acids is 1. The number of hydrogen-bond acceptors (Lipinski definition) is 8. The van der Waals surface area contributed by atoms with E-state index >= 15 is 0 Å². The Labute approximate surface area is 149 Å². The van der Waals surface area contributed by atoms with Gasteiger partial charge in [0.25, 0.3) is 5.69 Å². The van der Waals surface area contributed by atoms with E-state index in [0.717, 1.165) is 12.6 Å². The van der Waals surface area contributed by atoms with E-state index in [1.54, 1.807) is 0 Å². The second-order valence-electron chi connectivity index (χ2n) is 4.71. The zero-order valence-electron chi connectivity index (χ0n) is 13.4. The third-order valence-corrected chi connectivity index (χ3v) is 3.00. The first-order chi connectivity index (χ1) is 11.8. The fourth-order valence-corrected chi connectivity index (χ4v) is 1.58. The highest BCUT2D eigenvalue weighted by Crippen LogP contribution is 2.08. The lowest BCUT2D eigenvalue weighted by atomic mass is 10.1. The van der Waals surface area contributed by atoms with Gasteiger partial charge in [-0.05, 0) is 24.7 Å². The Bertz CT molecular complexity index is 593. The van der Waals surface area contributed by atoms with Crippen molar-refractivity contribution in [1.82, 2.24) is 10.3 Å². The summed E-state index contributed by atoms with van der Waals surface area (Å²) in [5.74, 6) is -1.46. The minimum absolute atomic E-state index is 0.0470. The Morgan fingerprint density at radius 1 is 1.28 bits per heavy atom. The summed E-state index contributed by atoms with van der Waals surface area (Å²) >= 11 is 3.98. The third-order valence-electron chi connectivity index (χ3n) is 2.68. The number of pyridine rings is 1. The summed E-state index contributed by atoms with van der Waals surface area (Å²) in [5, 5.41) is 20.9. The van der Waals surface area contributed by atoms with Crippen LogP contribution in [-0.2, 0) is 14.4 Å². The number of carbonyl (C=O) groups excluding carboxylic acids is 2. The normalized spacial score (nSPS) is 9.48. The van der Waals surface area contributed by atoms with Crippen LogP contribution < -0.4 is 11.1 Å². The zero-order chi connectivity index (χ0) is 19.2. The Balaban J connectivity index is 0.000000496. The molecule has 11 heteroatoms. The Hall–Kier alpha value is -2.69. The maximum atomic E-state index is 11.1. The van der Waals surface area contributed by atoms with Gasteiger partial charge in [0.2, 0.25) is 11.7 Å². The van der Waals surface area contributed by atoms with Crippen LogP contribution in [0.25, 0.3) is 0 Å². The molecule has 1 aromatic heterocycles. The number of carbonyl (C=O) groups is 3. The average molecular weight is 372 g/mol. The number of thiol groups is 1. The molecule has 1 rings (SSSR count). The van der Waals surface area contributed by atoms with E-state index in [2.05, 4.69) is 22.9 Å². The molecule has 25 heavy (non-hydrogen) atoms. The van der Waals surface area contributed by atoms with E-state index in [9.17, 15) is 24.5 Å². The van der Waals surface area contributed by atoms with E-state index in [-0.39, 0.29) is 36.7 Å². The number of nitro groups is 1. The Morgan fingerprint density at radius 3 is 2.44 bits per heavy atom. The summed E-state index contributed by atoms with van der Waals surface area (Å²) in [6.45, 7) is 0.565. The highest BCUT2D eigenvalue weighted by atomic mass is 32.1. The van der Waals surface area contributed by atoms with Gasteiger partial charge in [0, 0.05) is 25.5 Å². The number of nitrogen functional groups attached to an aromatic ring is 1. The molecule has 0 fully saturated rings. The molecule has 0 atom stereocenters. The first kappa shape index (κ1) is 22.3. The largest absolute Gasteiger partial charge is 0.476 e. The first-order valence-electron chi connectivity index (χ1n) is 7.27. The maximum Gasteiger partial charge on any atom is 0.372 e. The molecule has 0 aromatic carbocycles.